The summed E-state index contributed by atoms with van der Waals surface area (Å²) in [5.41, 5.74) is 6.41. The van der Waals surface area contributed by atoms with Gasteiger partial charge >= 0.3 is 0 Å². The van der Waals surface area contributed by atoms with E-state index in [1.807, 2.05) is 6.92 Å². The second-order valence-corrected chi connectivity index (χ2v) is 5.12. The molecule has 0 aromatic heterocycles. The molecule has 100 valence electrons. The van der Waals surface area contributed by atoms with Gasteiger partial charge in [-0.3, -0.25) is 4.90 Å². The minimum absolute atomic E-state index is 0.0320. The van der Waals surface area contributed by atoms with Gasteiger partial charge in [-0.05, 0) is 56.5 Å². The van der Waals surface area contributed by atoms with Crippen LogP contribution < -0.4 is 5.73 Å². The summed E-state index contributed by atoms with van der Waals surface area (Å²) in [6, 6.07) is 3.78. The lowest BCUT2D eigenvalue weighted by Gasteiger charge is -2.36. The fraction of sp³-hybridized carbons (Fsp3) is 0.571. The first-order chi connectivity index (χ1) is 8.60. The topological polar surface area (TPSA) is 29.3 Å². The summed E-state index contributed by atoms with van der Waals surface area (Å²) >= 11 is 0. The zero-order valence-corrected chi connectivity index (χ0v) is 10.7. The highest BCUT2D eigenvalue weighted by Gasteiger charge is 2.24. The number of hydrogen-bond acceptors (Lipinski definition) is 2. The van der Waals surface area contributed by atoms with Crippen LogP contribution in [0.3, 0.4) is 0 Å². The van der Waals surface area contributed by atoms with E-state index in [2.05, 4.69) is 4.90 Å². The quantitative estimate of drug-likeness (QED) is 0.898. The normalized spacial score (nSPS) is 23.0. The van der Waals surface area contributed by atoms with Gasteiger partial charge in [0.25, 0.3) is 0 Å². The zero-order chi connectivity index (χ0) is 13.1. The van der Waals surface area contributed by atoms with E-state index < -0.39 is 11.6 Å². The first-order valence-electron chi connectivity index (χ1n) is 6.50. The van der Waals surface area contributed by atoms with Gasteiger partial charge in [0.1, 0.15) is 11.6 Å². The Bertz CT molecular complexity index is 389. The molecule has 18 heavy (non-hydrogen) atoms. The number of benzene rings is 1. The van der Waals surface area contributed by atoms with Crippen molar-refractivity contribution in [1.82, 2.24) is 4.90 Å². The number of halogens is 2. The zero-order valence-electron chi connectivity index (χ0n) is 10.7. The highest BCUT2D eigenvalue weighted by Crippen LogP contribution is 2.27. The molecule has 1 heterocycles. The van der Waals surface area contributed by atoms with Gasteiger partial charge in [-0.25, -0.2) is 8.78 Å². The van der Waals surface area contributed by atoms with Crippen molar-refractivity contribution in [3.05, 3.63) is 35.4 Å². The van der Waals surface area contributed by atoms with Crippen LogP contribution in [0.15, 0.2) is 18.2 Å². The lowest BCUT2D eigenvalue weighted by Crippen LogP contribution is -2.39. The number of nitrogens with zero attached hydrogens (tertiary/aromatic N) is 1. The molecule has 1 fully saturated rings. The fourth-order valence-corrected chi connectivity index (χ4v) is 2.67. The van der Waals surface area contributed by atoms with E-state index in [9.17, 15) is 8.78 Å². The van der Waals surface area contributed by atoms with Crippen LogP contribution >= 0.6 is 0 Å². The molecular weight excluding hydrogens is 234 g/mol. The molecule has 2 N–H and O–H groups in total. The van der Waals surface area contributed by atoms with E-state index in [0.29, 0.717) is 18.0 Å². The number of hydrogen-bond donors (Lipinski definition) is 1. The van der Waals surface area contributed by atoms with Gasteiger partial charge < -0.3 is 5.73 Å². The molecule has 1 aromatic rings. The van der Waals surface area contributed by atoms with E-state index in [1.165, 1.54) is 12.1 Å². The lowest BCUT2D eigenvalue weighted by atomic mass is 9.95. The maximum Gasteiger partial charge on any atom is 0.126 e. The van der Waals surface area contributed by atoms with Crippen LogP contribution in [0.25, 0.3) is 0 Å². The summed E-state index contributed by atoms with van der Waals surface area (Å²) in [7, 11) is 0. The predicted molar refractivity (Wildman–Crippen MR) is 68.1 cm³/mol. The molecule has 2 unspecified atom stereocenters. The molecular formula is C14H20F2N2. The van der Waals surface area contributed by atoms with Crippen LogP contribution in [-0.4, -0.2) is 24.5 Å². The SMILES string of the molecule is CC(c1cc(F)cc(F)c1)N1CCCC(CN)C1. The van der Waals surface area contributed by atoms with Crippen LogP contribution in [-0.2, 0) is 0 Å². The monoisotopic (exact) mass is 254 g/mol. The van der Waals surface area contributed by atoms with Crippen molar-refractivity contribution in [2.75, 3.05) is 19.6 Å². The summed E-state index contributed by atoms with van der Waals surface area (Å²) in [6.07, 6.45) is 2.25. The Labute approximate surface area is 107 Å². The molecule has 0 bridgehead atoms. The minimum Gasteiger partial charge on any atom is -0.330 e. The first-order valence-corrected chi connectivity index (χ1v) is 6.50. The van der Waals surface area contributed by atoms with Gasteiger partial charge in [-0.2, -0.15) is 0 Å². The number of rotatable bonds is 3. The molecule has 2 rings (SSSR count). The van der Waals surface area contributed by atoms with Gasteiger partial charge in [0.2, 0.25) is 0 Å². The molecule has 1 aliphatic heterocycles. The van der Waals surface area contributed by atoms with Crippen molar-refractivity contribution < 1.29 is 8.78 Å². The van der Waals surface area contributed by atoms with Gasteiger partial charge in [-0.15, -0.1) is 0 Å². The van der Waals surface area contributed by atoms with E-state index in [0.717, 1.165) is 32.0 Å². The first kappa shape index (κ1) is 13.4. The van der Waals surface area contributed by atoms with E-state index in [4.69, 9.17) is 5.73 Å². The molecule has 0 amide bonds. The Balaban J connectivity index is 2.12. The van der Waals surface area contributed by atoms with Gasteiger partial charge in [0.05, 0.1) is 0 Å². The molecule has 2 nitrogen and oxygen atoms in total. The highest BCUT2D eigenvalue weighted by molar-refractivity contribution is 5.21. The summed E-state index contributed by atoms with van der Waals surface area (Å²) in [6.45, 7) is 4.56. The summed E-state index contributed by atoms with van der Waals surface area (Å²) in [5.74, 6) is -0.520. The van der Waals surface area contributed by atoms with E-state index >= 15 is 0 Å². The number of likely N-dealkylation sites (tertiary alicyclic amines) is 1. The van der Waals surface area contributed by atoms with Crippen LogP contribution in [0.5, 0.6) is 0 Å². The fourth-order valence-electron chi connectivity index (χ4n) is 2.67. The number of piperidine rings is 1. The van der Waals surface area contributed by atoms with Crippen molar-refractivity contribution in [2.45, 2.75) is 25.8 Å². The minimum atomic E-state index is -0.510. The second kappa shape index (κ2) is 5.76. The lowest BCUT2D eigenvalue weighted by molar-refractivity contribution is 0.134. The Kier molecular flexibility index (Phi) is 4.30. The Hall–Kier alpha value is -1.00. The molecule has 0 saturated carbocycles. The van der Waals surface area contributed by atoms with Crippen LogP contribution in [0, 0.1) is 17.6 Å². The molecule has 4 heteroatoms. The summed E-state index contributed by atoms with van der Waals surface area (Å²) in [5, 5.41) is 0. The van der Waals surface area contributed by atoms with Crippen LogP contribution in [0.1, 0.15) is 31.4 Å². The van der Waals surface area contributed by atoms with Crippen LogP contribution in [0.4, 0.5) is 8.78 Å². The maximum atomic E-state index is 13.2. The average molecular weight is 254 g/mol. The Morgan fingerprint density at radius 1 is 1.33 bits per heavy atom. The highest BCUT2D eigenvalue weighted by atomic mass is 19.1. The Morgan fingerprint density at radius 3 is 2.61 bits per heavy atom. The predicted octanol–water partition coefficient (Wildman–Crippen LogP) is 2.70. The van der Waals surface area contributed by atoms with E-state index in [-0.39, 0.29) is 6.04 Å². The van der Waals surface area contributed by atoms with Crippen LogP contribution in [0.2, 0.25) is 0 Å². The van der Waals surface area contributed by atoms with Crippen molar-refractivity contribution in [3.8, 4) is 0 Å². The van der Waals surface area contributed by atoms with Gasteiger partial charge in [-0.1, -0.05) is 0 Å². The summed E-state index contributed by atoms with van der Waals surface area (Å²) in [4.78, 5) is 2.26. The molecule has 0 spiro atoms. The largest absolute Gasteiger partial charge is 0.330 e. The summed E-state index contributed by atoms with van der Waals surface area (Å²) < 4.78 is 26.4. The molecule has 1 aliphatic rings. The third kappa shape index (κ3) is 3.06. The van der Waals surface area contributed by atoms with Gasteiger partial charge in [0, 0.05) is 18.7 Å². The smallest absolute Gasteiger partial charge is 0.126 e. The maximum absolute atomic E-state index is 13.2. The molecule has 1 aromatic carbocycles. The third-order valence-corrected chi connectivity index (χ3v) is 3.80. The molecule has 2 atom stereocenters. The van der Waals surface area contributed by atoms with Gasteiger partial charge in [0.15, 0.2) is 0 Å². The third-order valence-electron chi connectivity index (χ3n) is 3.80. The molecule has 0 radical (unpaired) electrons. The van der Waals surface area contributed by atoms with Crippen molar-refractivity contribution in [1.29, 1.82) is 0 Å². The average Bonchev–Trinajstić information content (AvgIpc) is 2.37. The van der Waals surface area contributed by atoms with Crippen molar-refractivity contribution in [2.24, 2.45) is 11.7 Å². The van der Waals surface area contributed by atoms with Crippen molar-refractivity contribution in [3.63, 3.8) is 0 Å². The number of nitrogens with two attached hydrogens (primary N) is 1. The molecule has 0 aliphatic carbocycles. The van der Waals surface area contributed by atoms with E-state index in [1.54, 1.807) is 0 Å². The standard InChI is InChI=1S/C14H20F2N2/c1-10(12-5-13(15)7-14(16)6-12)18-4-2-3-11(8-17)9-18/h5-7,10-11H,2-4,8-9,17H2,1H3. The Morgan fingerprint density at radius 2 is 2.00 bits per heavy atom. The second-order valence-electron chi connectivity index (χ2n) is 5.12. The van der Waals surface area contributed by atoms with Crippen molar-refractivity contribution >= 4 is 0 Å². The molecule has 1 saturated heterocycles.